The molecule has 0 amide bonds. The average molecular weight is 104 g/mol. The van der Waals surface area contributed by atoms with Crippen LogP contribution in [0.1, 0.15) is 0 Å². The number of nitrogens with zero attached hydrogens (tertiary/aromatic N) is 1. The Hall–Kier alpha value is -0.350. The normalized spacial score (nSPS) is 18.5. The average Bonchev–Trinajstić information content (AvgIpc) is 2.06. The lowest BCUT2D eigenvalue weighted by molar-refractivity contribution is 0.531. The lowest BCUT2D eigenvalue weighted by atomic mass is 11.2. The van der Waals surface area contributed by atoms with Crippen LogP contribution >= 0.6 is 0 Å². The first-order valence-electron chi connectivity index (χ1n) is 1.32. The Morgan fingerprint density at radius 1 is 2.00 bits per heavy atom. The van der Waals surface area contributed by atoms with Gasteiger partial charge in [-0.1, -0.05) is 0 Å². The molecule has 1 aromatic rings. The van der Waals surface area contributed by atoms with Gasteiger partial charge in [0.05, 0.1) is 0 Å². The molecule has 0 saturated carbocycles. The molecule has 0 bridgehead atoms. The molecule has 0 atom stereocenters. The molecule has 0 aliphatic heterocycles. The van der Waals surface area contributed by atoms with E-state index in [4.69, 9.17) is 4.55 Å². The van der Waals surface area contributed by atoms with Crippen molar-refractivity contribution in [3.63, 3.8) is 0 Å². The van der Waals surface area contributed by atoms with Gasteiger partial charge in [-0.15, -0.1) is 10.7 Å². The van der Waals surface area contributed by atoms with Crippen LogP contribution in [0.5, 0.6) is 0 Å². The zero-order valence-corrected chi connectivity index (χ0v) is 3.60. The molecule has 0 spiro atoms. The summed E-state index contributed by atoms with van der Waals surface area (Å²) in [4.78, 5) is 3.34. The third-order valence-corrected chi connectivity index (χ3v) is 0.982. The molecule has 1 rings (SSSR count). The van der Waals surface area contributed by atoms with Gasteiger partial charge in [-0.2, -0.15) is 0 Å². The highest BCUT2D eigenvalue weighted by atomic mass is 32.2. The molecule has 1 aromatic heterocycles. The van der Waals surface area contributed by atoms with Gasteiger partial charge >= 0.3 is 0 Å². The standard InChI is InChI=1S/C2H2NO2S/c4-6(5)2-1-3-2/h1H,(H,4,5)/q-1. The Balaban J connectivity index is 3.38. The molecule has 1 heterocycles. The minimum Gasteiger partial charge on any atom is -0.465 e. The van der Waals surface area contributed by atoms with E-state index in [0.717, 1.165) is 0 Å². The number of hydrogen-bond donors (Lipinski definition) is 1. The molecule has 0 unspecified atom stereocenters. The van der Waals surface area contributed by atoms with Gasteiger partial charge in [-0.3, -0.25) is 4.98 Å². The fourth-order valence-corrected chi connectivity index (χ4v) is 0.350. The van der Waals surface area contributed by atoms with Crippen LogP contribution in [0.25, 0.3) is 0 Å². The van der Waals surface area contributed by atoms with Crippen molar-refractivity contribution in [3.05, 3.63) is 10.8 Å². The van der Waals surface area contributed by atoms with Gasteiger partial charge in [-0.05, 0) is 0 Å². The molecule has 0 radical (unpaired) electrons. The SMILES string of the molecule is O=[S-](O)=c1cn1. The minimum absolute atomic E-state index is 0.287. The van der Waals surface area contributed by atoms with Crippen LogP contribution < -0.4 is 0 Å². The van der Waals surface area contributed by atoms with Crippen LogP contribution in [0.4, 0.5) is 0 Å². The molecule has 6 heavy (non-hydrogen) atoms. The second-order valence-electron chi connectivity index (χ2n) is 0.846. The maximum Gasteiger partial charge on any atom is 0.0285 e. The fourth-order valence-electron chi connectivity index (χ4n) is 0.117. The van der Waals surface area contributed by atoms with Gasteiger partial charge in [0.1, 0.15) is 0 Å². The third kappa shape index (κ3) is 0.580. The Morgan fingerprint density at radius 3 is 2.50 bits per heavy atom. The van der Waals surface area contributed by atoms with E-state index in [1.165, 1.54) is 6.20 Å². The summed E-state index contributed by atoms with van der Waals surface area (Å²) in [5, 5.41) is 0. The molecular formula is C2H2NO2S-. The zero-order chi connectivity index (χ0) is 4.57. The van der Waals surface area contributed by atoms with E-state index in [1.54, 1.807) is 0 Å². The Bertz CT molecular complexity index is 191. The van der Waals surface area contributed by atoms with Crippen molar-refractivity contribution in [1.82, 2.24) is 4.98 Å². The van der Waals surface area contributed by atoms with Gasteiger partial charge in [0, 0.05) is 10.8 Å². The quantitative estimate of drug-likeness (QED) is 0.284. The van der Waals surface area contributed by atoms with Crippen LogP contribution in [0.15, 0.2) is 6.20 Å². The van der Waals surface area contributed by atoms with E-state index < -0.39 is 10.7 Å². The summed E-state index contributed by atoms with van der Waals surface area (Å²) in [5.41, 5.74) is 0. The summed E-state index contributed by atoms with van der Waals surface area (Å²) in [6, 6.07) is 0. The first kappa shape index (κ1) is 3.83. The van der Waals surface area contributed by atoms with Gasteiger partial charge in [0.2, 0.25) is 0 Å². The molecule has 0 aliphatic carbocycles. The second kappa shape index (κ2) is 1.06. The smallest absolute Gasteiger partial charge is 0.0285 e. The van der Waals surface area contributed by atoms with Crippen LogP contribution in [-0.4, -0.2) is 9.54 Å². The van der Waals surface area contributed by atoms with Crippen LogP contribution in [0.2, 0.25) is 0 Å². The first-order chi connectivity index (χ1) is 2.80. The Morgan fingerprint density at radius 2 is 2.50 bits per heavy atom. The van der Waals surface area contributed by atoms with Crippen molar-refractivity contribution in [3.8, 4) is 0 Å². The molecule has 34 valence electrons. The van der Waals surface area contributed by atoms with Crippen molar-refractivity contribution >= 4 is 10.7 Å². The zero-order valence-electron chi connectivity index (χ0n) is 2.79. The highest BCUT2D eigenvalue weighted by Crippen LogP contribution is 1.81. The van der Waals surface area contributed by atoms with E-state index in [1.807, 2.05) is 0 Å². The maximum absolute atomic E-state index is 9.71. The minimum atomic E-state index is -1.81. The summed E-state index contributed by atoms with van der Waals surface area (Å²) in [6.07, 6.45) is 1.36. The van der Waals surface area contributed by atoms with Gasteiger partial charge in [0.15, 0.2) is 0 Å². The molecule has 3 nitrogen and oxygen atoms in total. The molecule has 1 N–H and O–H groups in total. The highest BCUT2D eigenvalue weighted by molar-refractivity contribution is 7.70. The van der Waals surface area contributed by atoms with Crippen LogP contribution in [0.3, 0.4) is 0 Å². The summed E-state index contributed by atoms with van der Waals surface area (Å²) in [6.45, 7) is 0. The lowest BCUT2D eigenvalue weighted by Crippen LogP contribution is -1.58. The summed E-state index contributed by atoms with van der Waals surface area (Å²) in [5.74, 6) is 0. The summed E-state index contributed by atoms with van der Waals surface area (Å²) < 4.78 is 18.0. The third-order valence-electron chi connectivity index (χ3n) is 0.413. The topological polar surface area (TPSA) is 50.2 Å². The van der Waals surface area contributed by atoms with Gasteiger partial charge in [0.25, 0.3) is 0 Å². The van der Waals surface area contributed by atoms with Crippen molar-refractivity contribution in [2.24, 2.45) is 0 Å². The Labute approximate surface area is 36.2 Å². The molecular weight excluding hydrogens is 102 g/mol. The van der Waals surface area contributed by atoms with Crippen LogP contribution in [-0.2, 0) is 14.9 Å². The number of aromatic nitrogens is 1. The van der Waals surface area contributed by atoms with Crippen molar-refractivity contribution in [2.75, 3.05) is 0 Å². The van der Waals surface area contributed by atoms with E-state index in [-0.39, 0.29) is 4.64 Å². The van der Waals surface area contributed by atoms with Crippen LogP contribution in [0, 0.1) is 4.64 Å². The highest BCUT2D eigenvalue weighted by Gasteiger charge is 1.73. The second-order valence-corrected chi connectivity index (χ2v) is 1.76. The van der Waals surface area contributed by atoms with E-state index in [9.17, 15) is 4.21 Å². The van der Waals surface area contributed by atoms with Gasteiger partial charge in [-0.25, -0.2) is 0 Å². The molecule has 4 heteroatoms. The fraction of sp³-hybridized carbons (Fsp3) is 0. The molecule has 0 aliphatic rings. The van der Waals surface area contributed by atoms with E-state index in [2.05, 4.69) is 4.98 Å². The molecule has 0 saturated heterocycles. The maximum atomic E-state index is 9.71. The lowest BCUT2D eigenvalue weighted by Gasteiger charge is -1.73. The first-order valence-corrected chi connectivity index (χ1v) is 2.43. The largest absolute Gasteiger partial charge is 0.465 e. The van der Waals surface area contributed by atoms with Gasteiger partial charge < -0.3 is 8.76 Å². The van der Waals surface area contributed by atoms with Crippen molar-refractivity contribution in [2.45, 2.75) is 0 Å². The monoisotopic (exact) mass is 104 g/mol. The van der Waals surface area contributed by atoms with Crippen molar-refractivity contribution in [1.29, 1.82) is 0 Å². The predicted octanol–water partition coefficient (Wildman–Crippen LogP) is -0.0740. The summed E-state index contributed by atoms with van der Waals surface area (Å²) >= 11 is 0. The summed E-state index contributed by atoms with van der Waals surface area (Å²) in [7, 11) is -1.81. The Kier molecular flexibility index (Phi) is 0.675. The number of hydrogen-bond acceptors (Lipinski definition) is 3. The van der Waals surface area contributed by atoms with E-state index in [0.29, 0.717) is 0 Å². The molecule has 0 fully saturated rings. The van der Waals surface area contributed by atoms with Crippen molar-refractivity contribution < 1.29 is 8.76 Å². The van der Waals surface area contributed by atoms with E-state index >= 15 is 0 Å². The number of rotatable bonds is 0. The predicted molar refractivity (Wildman–Crippen MR) is 20.5 cm³/mol. The molecule has 0 aromatic carbocycles.